The highest BCUT2D eigenvalue weighted by Gasteiger charge is 2.14. The highest BCUT2D eigenvalue weighted by Crippen LogP contribution is 2.16. The van der Waals surface area contributed by atoms with E-state index in [2.05, 4.69) is 55.4 Å². The van der Waals surface area contributed by atoms with Gasteiger partial charge in [-0.1, -0.05) is 6.92 Å². The van der Waals surface area contributed by atoms with E-state index in [0.29, 0.717) is 12.0 Å². The molecule has 2 heterocycles. The number of morpholine rings is 1. The number of halogens is 1. The number of thiophene rings is 1. The number of aliphatic imine (C=N–C) groups is 1. The zero-order valence-corrected chi connectivity index (χ0v) is 19.7. The molecule has 0 aliphatic carbocycles. The van der Waals surface area contributed by atoms with E-state index in [1.54, 1.807) is 0 Å². The van der Waals surface area contributed by atoms with Gasteiger partial charge in [-0.3, -0.25) is 9.89 Å². The third-order valence-corrected chi connectivity index (χ3v) is 5.29. The average Bonchev–Trinajstić information content (AvgIpc) is 2.98. The van der Waals surface area contributed by atoms with E-state index in [1.165, 1.54) is 9.75 Å². The van der Waals surface area contributed by atoms with Crippen molar-refractivity contribution in [1.29, 1.82) is 0 Å². The van der Waals surface area contributed by atoms with Gasteiger partial charge in [0.25, 0.3) is 0 Å². The second-order valence-electron chi connectivity index (χ2n) is 7.00. The van der Waals surface area contributed by atoms with Gasteiger partial charge in [-0.15, -0.1) is 35.3 Å². The second kappa shape index (κ2) is 12.9. The molecule has 150 valence electrons. The summed E-state index contributed by atoms with van der Waals surface area (Å²) in [4.78, 5) is 10.1. The minimum Gasteiger partial charge on any atom is -0.379 e. The lowest BCUT2D eigenvalue weighted by Crippen LogP contribution is -2.43. The molecule has 2 N–H and O–H groups in total. The molecule has 0 bridgehead atoms. The van der Waals surface area contributed by atoms with E-state index in [0.717, 1.165) is 58.3 Å². The number of hydrogen-bond donors (Lipinski definition) is 2. The van der Waals surface area contributed by atoms with Crippen LogP contribution >= 0.6 is 35.3 Å². The van der Waals surface area contributed by atoms with Crippen molar-refractivity contribution in [3.05, 3.63) is 21.9 Å². The van der Waals surface area contributed by atoms with Crippen LogP contribution in [-0.2, 0) is 11.2 Å². The first kappa shape index (κ1) is 23.7. The van der Waals surface area contributed by atoms with Gasteiger partial charge in [-0.05, 0) is 38.8 Å². The van der Waals surface area contributed by atoms with Gasteiger partial charge in [-0.25, -0.2) is 0 Å². The summed E-state index contributed by atoms with van der Waals surface area (Å²) in [6.45, 7) is 15.4. The van der Waals surface area contributed by atoms with Gasteiger partial charge in [-0.2, -0.15) is 0 Å². The second-order valence-corrected chi connectivity index (χ2v) is 8.37. The van der Waals surface area contributed by atoms with Crippen LogP contribution in [0.25, 0.3) is 0 Å². The van der Waals surface area contributed by atoms with Crippen molar-refractivity contribution < 1.29 is 4.74 Å². The SMILES string of the molecule is CCNC(=NCC(C)CN1CCOCC1)NC(C)Cc1ccc(C)s1.I. The first-order valence-electron chi connectivity index (χ1n) is 9.47. The quantitative estimate of drug-likeness (QED) is 0.331. The molecule has 2 unspecified atom stereocenters. The molecule has 1 saturated heterocycles. The Bertz CT molecular complexity index is 531. The Labute approximate surface area is 180 Å². The molecule has 1 aliphatic heterocycles. The molecular formula is C19H35IN4OS. The van der Waals surface area contributed by atoms with Crippen LogP contribution in [0.1, 0.15) is 30.5 Å². The molecule has 7 heteroatoms. The predicted octanol–water partition coefficient (Wildman–Crippen LogP) is 3.13. The minimum absolute atomic E-state index is 0. The summed E-state index contributed by atoms with van der Waals surface area (Å²) in [5.41, 5.74) is 0. The Morgan fingerprint density at radius 3 is 2.65 bits per heavy atom. The highest BCUT2D eigenvalue weighted by molar-refractivity contribution is 14.0. The van der Waals surface area contributed by atoms with Crippen LogP contribution in [-0.4, -0.2) is 62.8 Å². The lowest BCUT2D eigenvalue weighted by molar-refractivity contribution is 0.0323. The van der Waals surface area contributed by atoms with Crippen molar-refractivity contribution in [2.75, 3.05) is 45.9 Å². The molecule has 0 spiro atoms. The molecule has 2 rings (SSSR count). The molecule has 1 aromatic heterocycles. The van der Waals surface area contributed by atoms with Crippen LogP contribution in [0.2, 0.25) is 0 Å². The third kappa shape index (κ3) is 9.01. The summed E-state index contributed by atoms with van der Waals surface area (Å²) in [6.07, 6.45) is 1.03. The van der Waals surface area contributed by atoms with Crippen molar-refractivity contribution in [2.45, 2.75) is 40.2 Å². The predicted molar refractivity (Wildman–Crippen MR) is 123 cm³/mol. The van der Waals surface area contributed by atoms with Gasteiger partial charge < -0.3 is 15.4 Å². The summed E-state index contributed by atoms with van der Waals surface area (Å²) in [5, 5.41) is 6.92. The first-order chi connectivity index (χ1) is 12.1. The molecule has 1 aliphatic rings. The van der Waals surface area contributed by atoms with Gasteiger partial charge in [0.15, 0.2) is 5.96 Å². The highest BCUT2D eigenvalue weighted by atomic mass is 127. The summed E-state index contributed by atoms with van der Waals surface area (Å²) in [6, 6.07) is 4.79. The molecule has 5 nitrogen and oxygen atoms in total. The largest absolute Gasteiger partial charge is 0.379 e. The average molecular weight is 494 g/mol. The van der Waals surface area contributed by atoms with Crippen LogP contribution in [0.4, 0.5) is 0 Å². The Morgan fingerprint density at radius 1 is 1.31 bits per heavy atom. The van der Waals surface area contributed by atoms with E-state index in [4.69, 9.17) is 9.73 Å². The Kier molecular flexibility index (Phi) is 11.7. The van der Waals surface area contributed by atoms with E-state index in [-0.39, 0.29) is 24.0 Å². The molecule has 0 amide bonds. The Balaban J connectivity index is 0.00000338. The molecular weight excluding hydrogens is 459 g/mol. The molecule has 1 fully saturated rings. The van der Waals surface area contributed by atoms with Crippen molar-refractivity contribution in [3.8, 4) is 0 Å². The van der Waals surface area contributed by atoms with E-state index >= 15 is 0 Å². The minimum atomic E-state index is 0. The van der Waals surface area contributed by atoms with Gasteiger partial charge in [0.2, 0.25) is 0 Å². The van der Waals surface area contributed by atoms with Crippen LogP contribution in [0.15, 0.2) is 17.1 Å². The molecule has 0 radical (unpaired) electrons. The first-order valence-corrected chi connectivity index (χ1v) is 10.3. The Hall–Kier alpha value is -0.380. The summed E-state index contributed by atoms with van der Waals surface area (Å²) in [5.74, 6) is 1.47. The third-order valence-electron chi connectivity index (χ3n) is 4.27. The number of aryl methyl sites for hydroxylation is 1. The van der Waals surface area contributed by atoms with Crippen molar-refractivity contribution in [2.24, 2.45) is 10.9 Å². The van der Waals surface area contributed by atoms with Crippen molar-refractivity contribution >= 4 is 41.3 Å². The van der Waals surface area contributed by atoms with Crippen molar-refractivity contribution in [1.82, 2.24) is 15.5 Å². The lowest BCUT2D eigenvalue weighted by atomic mass is 10.1. The van der Waals surface area contributed by atoms with E-state index in [1.807, 2.05) is 11.3 Å². The van der Waals surface area contributed by atoms with Gasteiger partial charge >= 0.3 is 0 Å². The standard InChI is InChI=1S/C19H34N4OS.HI/c1-5-20-19(22-16(3)12-18-7-6-17(4)25-18)21-13-15(2)14-23-8-10-24-11-9-23;/h6-7,15-16H,5,8-14H2,1-4H3,(H2,20,21,22);1H. The zero-order chi connectivity index (χ0) is 18.1. The summed E-state index contributed by atoms with van der Waals surface area (Å²) >= 11 is 1.88. The van der Waals surface area contributed by atoms with Crippen LogP contribution in [0.3, 0.4) is 0 Å². The maximum atomic E-state index is 5.42. The molecule has 2 atom stereocenters. The van der Waals surface area contributed by atoms with Gasteiger partial charge in [0.05, 0.1) is 13.2 Å². The topological polar surface area (TPSA) is 48.9 Å². The molecule has 26 heavy (non-hydrogen) atoms. The normalized spacial score (nSPS) is 18.1. The van der Waals surface area contributed by atoms with Gasteiger partial charge in [0.1, 0.15) is 0 Å². The monoisotopic (exact) mass is 494 g/mol. The van der Waals surface area contributed by atoms with Crippen LogP contribution < -0.4 is 10.6 Å². The molecule has 0 aromatic carbocycles. The van der Waals surface area contributed by atoms with Crippen LogP contribution in [0.5, 0.6) is 0 Å². The lowest BCUT2D eigenvalue weighted by Gasteiger charge is -2.28. The van der Waals surface area contributed by atoms with E-state index in [9.17, 15) is 0 Å². The fraction of sp³-hybridized carbons (Fsp3) is 0.737. The van der Waals surface area contributed by atoms with E-state index < -0.39 is 0 Å². The number of hydrogen-bond acceptors (Lipinski definition) is 4. The zero-order valence-electron chi connectivity index (χ0n) is 16.6. The fourth-order valence-corrected chi connectivity index (χ4v) is 4.05. The Morgan fingerprint density at radius 2 is 2.04 bits per heavy atom. The molecule has 0 saturated carbocycles. The smallest absolute Gasteiger partial charge is 0.191 e. The number of nitrogens with zero attached hydrogens (tertiary/aromatic N) is 2. The van der Waals surface area contributed by atoms with Crippen molar-refractivity contribution in [3.63, 3.8) is 0 Å². The number of guanidine groups is 1. The summed E-state index contributed by atoms with van der Waals surface area (Å²) in [7, 11) is 0. The fourth-order valence-electron chi connectivity index (χ4n) is 3.03. The number of rotatable bonds is 8. The maximum absolute atomic E-state index is 5.42. The maximum Gasteiger partial charge on any atom is 0.191 e. The number of ether oxygens (including phenoxy) is 1. The summed E-state index contributed by atoms with van der Waals surface area (Å²) < 4.78 is 5.42. The number of nitrogens with one attached hydrogen (secondary N) is 2. The van der Waals surface area contributed by atoms with Crippen LogP contribution in [0, 0.1) is 12.8 Å². The molecule has 1 aromatic rings. The van der Waals surface area contributed by atoms with Gasteiger partial charge in [0, 0.05) is 54.9 Å².